The van der Waals surface area contributed by atoms with E-state index >= 15 is 0 Å². The Morgan fingerprint density at radius 3 is 2.34 bits per heavy atom. The number of aliphatic hydroxyl groups excluding tert-OH is 4. The molecule has 5 N–H and O–H groups in total. The van der Waals surface area contributed by atoms with Gasteiger partial charge in [-0.05, 0) is 41.3 Å². The molecule has 0 aromatic heterocycles. The summed E-state index contributed by atoms with van der Waals surface area (Å²) in [5.41, 5.74) is 4.32. The van der Waals surface area contributed by atoms with Crippen LogP contribution in [-0.2, 0) is 11.2 Å². The Labute approximate surface area is 169 Å². The summed E-state index contributed by atoms with van der Waals surface area (Å²) in [6, 6.07) is 13.2. The Bertz CT molecular complexity index is 868. The molecule has 1 amide bonds. The number of carbonyl (C=O) groups excluding carboxylic acids is 1. The van der Waals surface area contributed by atoms with Crippen molar-refractivity contribution in [1.82, 2.24) is 5.32 Å². The number of aliphatic hydroxyl groups is 4. The molecule has 0 spiro atoms. The molecular weight excluding hydrogens is 374 g/mol. The zero-order valence-corrected chi connectivity index (χ0v) is 16.4. The molecule has 7 nitrogen and oxygen atoms in total. The van der Waals surface area contributed by atoms with Gasteiger partial charge in [-0.1, -0.05) is 30.3 Å². The summed E-state index contributed by atoms with van der Waals surface area (Å²) in [7, 11) is 1.59. The molecule has 1 aliphatic rings. The number of carbonyl (C=O) groups is 1. The normalized spacial score (nSPS) is 26.9. The zero-order valence-electron chi connectivity index (χ0n) is 16.4. The van der Waals surface area contributed by atoms with Gasteiger partial charge in [0.15, 0.2) is 0 Å². The quantitative estimate of drug-likeness (QED) is 0.495. The number of benzene rings is 2. The first-order chi connectivity index (χ1) is 13.8. The van der Waals surface area contributed by atoms with E-state index in [1.54, 1.807) is 13.1 Å². The Balaban J connectivity index is 1.81. The molecule has 0 radical (unpaired) electrons. The summed E-state index contributed by atoms with van der Waals surface area (Å²) in [4.78, 5) is 11.9. The van der Waals surface area contributed by atoms with Crippen molar-refractivity contribution in [2.24, 2.45) is 0 Å². The fraction of sp³-hybridized carbons (Fsp3) is 0.409. The lowest BCUT2D eigenvalue weighted by Crippen LogP contribution is -2.59. The van der Waals surface area contributed by atoms with Crippen molar-refractivity contribution in [3.63, 3.8) is 0 Å². The highest BCUT2D eigenvalue weighted by atomic mass is 16.5. The van der Waals surface area contributed by atoms with E-state index in [2.05, 4.69) is 5.32 Å². The van der Waals surface area contributed by atoms with E-state index in [1.807, 2.05) is 43.3 Å². The molecule has 1 fully saturated rings. The predicted molar refractivity (Wildman–Crippen MR) is 107 cm³/mol. The minimum Gasteiger partial charge on any atom is -0.394 e. The first-order valence-corrected chi connectivity index (χ1v) is 9.58. The van der Waals surface area contributed by atoms with E-state index in [0.717, 1.165) is 22.3 Å². The monoisotopic (exact) mass is 401 g/mol. The molecule has 7 heteroatoms. The summed E-state index contributed by atoms with van der Waals surface area (Å²) in [5.74, 6) is -0.150. The Morgan fingerprint density at radius 1 is 1.00 bits per heavy atom. The van der Waals surface area contributed by atoms with E-state index in [1.165, 1.54) is 0 Å². The number of rotatable bonds is 5. The number of aryl methyl sites for hydroxylation is 1. The maximum Gasteiger partial charge on any atom is 0.251 e. The van der Waals surface area contributed by atoms with E-state index in [0.29, 0.717) is 12.0 Å². The molecule has 29 heavy (non-hydrogen) atoms. The van der Waals surface area contributed by atoms with Gasteiger partial charge in [-0.15, -0.1) is 0 Å². The van der Waals surface area contributed by atoms with Crippen LogP contribution in [0, 0.1) is 6.92 Å². The minimum atomic E-state index is -1.38. The molecule has 0 unspecified atom stereocenters. The van der Waals surface area contributed by atoms with Crippen LogP contribution in [0.2, 0.25) is 0 Å². The van der Waals surface area contributed by atoms with Crippen LogP contribution in [0.3, 0.4) is 0 Å². The summed E-state index contributed by atoms with van der Waals surface area (Å²) in [6.07, 6.45) is -5.32. The Kier molecular flexibility index (Phi) is 6.66. The summed E-state index contributed by atoms with van der Waals surface area (Å²) >= 11 is 0. The van der Waals surface area contributed by atoms with Crippen molar-refractivity contribution >= 4 is 5.91 Å². The molecular formula is C22H27NO6. The van der Waals surface area contributed by atoms with E-state index in [-0.39, 0.29) is 5.91 Å². The molecule has 156 valence electrons. The van der Waals surface area contributed by atoms with Crippen molar-refractivity contribution in [2.45, 2.75) is 43.9 Å². The maximum absolute atomic E-state index is 11.9. The predicted octanol–water partition coefficient (Wildman–Crippen LogP) is 0.407. The van der Waals surface area contributed by atoms with Gasteiger partial charge in [0, 0.05) is 19.0 Å². The third kappa shape index (κ3) is 4.49. The van der Waals surface area contributed by atoms with Gasteiger partial charge >= 0.3 is 0 Å². The van der Waals surface area contributed by atoms with Gasteiger partial charge in [0.1, 0.15) is 24.4 Å². The molecule has 3 rings (SSSR count). The average Bonchev–Trinajstić information content (AvgIpc) is 2.74. The standard InChI is InChI=1S/C22H27NO6/c1-12-8-15(14-4-3-5-16(9-14)22(28)23-2)7-6-13(12)10-17-19(25)21(27)20(26)18(11-24)29-17/h3-9,17-21,24-27H,10-11H2,1-2H3,(H,23,28)/t17-,18+,19+,20-,21-/m1/s1. The second kappa shape index (κ2) is 9.02. The minimum absolute atomic E-state index is 0.150. The number of nitrogens with one attached hydrogen (secondary N) is 1. The summed E-state index contributed by atoms with van der Waals surface area (Å²) < 4.78 is 5.60. The summed E-state index contributed by atoms with van der Waals surface area (Å²) in [5, 5.41) is 42.1. The molecule has 1 aliphatic heterocycles. The molecule has 1 heterocycles. The average molecular weight is 401 g/mol. The fourth-order valence-corrected chi connectivity index (χ4v) is 3.65. The van der Waals surface area contributed by atoms with Crippen LogP contribution >= 0.6 is 0 Å². The fourth-order valence-electron chi connectivity index (χ4n) is 3.65. The Morgan fingerprint density at radius 2 is 1.69 bits per heavy atom. The van der Waals surface area contributed by atoms with Crippen LogP contribution in [0.1, 0.15) is 21.5 Å². The van der Waals surface area contributed by atoms with Crippen LogP contribution in [0.15, 0.2) is 42.5 Å². The van der Waals surface area contributed by atoms with E-state index in [4.69, 9.17) is 4.74 Å². The lowest BCUT2D eigenvalue weighted by molar-refractivity contribution is -0.228. The van der Waals surface area contributed by atoms with Gasteiger partial charge in [0.05, 0.1) is 12.7 Å². The lowest BCUT2D eigenvalue weighted by atomic mass is 9.89. The highest BCUT2D eigenvalue weighted by molar-refractivity contribution is 5.95. The number of ether oxygens (including phenoxy) is 1. The smallest absolute Gasteiger partial charge is 0.251 e. The molecule has 5 atom stereocenters. The number of hydrogen-bond donors (Lipinski definition) is 5. The first kappa shape index (κ1) is 21.4. The zero-order chi connectivity index (χ0) is 21.1. The number of amides is 1. The second-order valence-electron chi connectivity index (χ2n) is 7.37. The van der Waals surface area contributed by atoms with Crippen LogP contribution in [0.5, 0.6) is 0 Å². The second-order valence-corrected chi connectivity index (χ2v) is 7.37. The van der Waals surface area contributed by atoms with Gasteiger partial charge in [0.25, 0.3) is 5.91 Å². The molecule has 0 bridgehead atoms. The molecule has 2 aromatic carbocycles. The van der Waals surface area contributed by atoms with Crippen molar-refractivity contribution < 1.29 is 30.0 Å². The van der Waals surface area contributed by atoms with E-state index < -0.39 is 37.1 Å². The van der Waals surface area contributed by atoms with E-state index in [9.17, 15) is 25.2 Å². The Hall–Kier alpha value is -2.29. The van der Waals surface area contributed by atoms with Gasteiger partial charge in [-0.2, -0.15) is 0 Å². The first-order valence-electron chi connectivity index (χ1n) is 9.58. The highest BCUT2D eigenvalue weighted by Gasteiger charge is 2.43. The molecule has 1 saturated heterocycles. The highest BCUT2D eigenvalue weighted by Crippen LogP contribution is 2.27. The van der Waals surface area contributed by atoms with Crippen molar-refractivity contribution in [3.8, 4) is 11.1 Å². The van der Waals surface area contributed by atoms with Crippen molar-refractivity contribution in [3.05, 3.63) is 59.2 Å². The third-order valence-electron chi connectivity index (χ3n) is 5.44. The van der Waals surface area contributed by atoms with Gasteiger partial charge in [0.2, 0.25) is 0 Å². The SMILES string of the molecule is CNC(=O)c1cccc(-c2ccc(C[C@H]3O[C@@H](CO)[C@@H](O)[C@H](O)[C@H]3O)c(C)c2)c1. The van der Waals surface area contributed by atoms with Gasteiger partial charge in [-0.25, -0.2) is 0 Å². The maximum atomic E-state index is 11.9. The van der Waals surface area contributed by atoms with Crippen molar-refractivity contribution in [2.75, 3.05) is 13.7 Å². The third-order valence-corrected chi connectivity index (χ3v) is 5.44. The number of hydrogen-bond acceptors (Lipinski definition) is 6. The topological polar surface area (TPSA) is 119 Å². The van der Waals surface area contributed by atoms with Crippen LogP contribution < -0.4 is 5.32 Å². The largest absolute Gasteiger partial charge is 0.394 e. The van der Waals surface area contributed by atoms with Crippen LogP contribution in [0.25, 0.3) is 11.1 Å². The van der Waals surface area contributed by atoms with Crippen LogP contribution in [0.4, 0.5) is 0 Å². The summed E-state index contributed by atoms with van der Waals surface area (Å²) in [6.45, 7) is 1.49. The molecule has 0 saturated carbocycles. The molecule has 2 aromatic rings. The molecule has 0 aliphatic carbocycles. The van der Waals surface area contributed by atoms with Crippen molar-refractivity contribution in [1.29, 1.82) is 0 Å². The lowest BCUT2D eigenvalue weighted by Gasteiger charge is -2.40. The van der Waals surface area contributed by atoms with Gasteiger partial charge < -0.3 is 30.5 Å². The van der Waals surface area contributed by atoms with Crippen LogP contribution in [-0.4, -0.2) is 70.5 Å². The van der Waals surface area contributed by atoms with Gasteiger partial charge in [-0.3, -0.25) is 4.79 Å².